The number of hydrogen-bond acceptors (Lipinski definition) is 0. The van der Waals surface area contributed by atoms with Gasteiger partial charge in [-0.15, -0.1) is 0 Å². The van der Waals surface area contributed by atoms with E-state index in [-0.39, 0.29) is 0 Å². The second kappa shape index (κ2) is 7.17. The first kappa shape index (κ1) is 16.6. The monoisotopic (exact) mass is 390 g/mol. The Hall–Kier alpha value is -1.87. The van der Waals surface area contributed by atoms with Gasteiger partial charge in [0.25, 0.3) is 5.82 Å². The van der Waals surface area contributed by atoms with E-state index in [0.717, 1.165) is 11.0 Å². The summed E-state index contributed by atoms with van der Waals surface area (Å²) in [6.07, 6.45) is 12.9. The molecule has 25 heavy (non-hydrogen) atoms. The van der Waals surface area contributed by atoms with Crippen LogP contribution < -0.4 is 4.57 Å². The zero-order valence-electron chi connectivity index (χ0n) is 14.1. The minimum Gasteiger partial charge on any atom is -0.226 e. The lowest BCUT2D eigenvalue weighted by Crippen LogP contribution is -2.31. The number of benzene rings is 2. The molecule has 0 N–H and O–H groups in total. The van der Waals surface area contributed by atoms with Gasteiger partial charge in [-0.2, -0.15) is 0 Å². The van der Waals surface area contributed by atoms with Crippen molar-refractivity contribution >= 4 is 39.1 Å². The minimum atomic E-state index is 0.869. The molecule has 1 fully saturated rings. The van der Waals surface area contributed by atoms with Gasteiger partial charge in [0.05, 0.1) is 13.6 Å². The molecule has 3 aromatic rings. The Bertz CT molecular complexity index is 900. The number of halogens is 1. The Morgan fingerprint density at radius 2 is 1.68 bits per heavy atom. The predicted octanol–water partition coefficient (Wildman–Crippen LogP) is 4.80. The van der Waals surface area contributed by atoms with Crippen LogP contribution in [0.25, 0.3) is 23.2 Å². The van der Waals surface area contributed by atoms with Crippen molar-refractivity contribution in [2.24, 2.45) is 7.05 Å². The summed E-state index contributed by atoms with van der Waals surface area (Å²) >= 11 is 3.49. The average Bonchev–Trinajstić information content (AvgIpc) is 3.23. The Labute approximate surface area is 157 Å². The highest BCUT2D eigenvalue weighted by Gasteiger charge is 2.26. The Morgan fingerprint density at radius 3 is 2.44 bits per heavy atom. The third kappa shape index (κ3) is 3.43. The Kier molecular flexibility index (Phi) is 4.76. The molecule has 1 aliphatic rings. The van der Waals surface area contributed by atoms with Crippen LogP contribution in [0.2, 0.25) is 0 Å². The number of nitrogens with zero attached hydrogens (tertiary/aromatic N) is 2. The first-order valence-electron chi connectivity index (χ1n) is 8.34. The molecule has 1 aromatic heterocycles. The molecule has 0 atom stereocenters. The van der Waals surface area contributed by atoms with Crippen molar-refractivity contribution in [2.75, 3.05) is 0 Å². The van der Waals surface area contributed by atoms with E-state index in [2.05, 4.69) is 118 Å². The number of aryl methyl sites for hydroxylation is 1. The molecule has 4 rings (SSSR count). The van der Waals surface area contributed by atoms with Crippen molar-refractivity contribution in [3.8, 4) is 0 Å². The zero-order valence-corrected chi connectivity index (χ0v) is 15.6. The van der Waals surface area contributed by atoms with Crippen LogP contribution in [0.1, 0.15) is 11.4 Å². The smallest absolute Gasteiger partial charge is 0.226 e. The fourth-order valence-electron chi connectivity index (χ4n) is 3.22. The predicted molar refractivity (Wildman–Crippen MR) is 107 cm³/mol. The summed E-state index contributed by atoms with van der Waals surface area (Å²) in [4.78, 5) is 0. The van der Waals surface area contributed by atoms with E-state index in [0.29, 0.717) is 0 Å². The molecule has 5 radical (unpaired) electrons. The van der Waals surface area contributed by atoms with Crippen LogP contribution >= 0.6 is 15.9 Å². The topological polar surface area (TPSA) is 8.81 Å². The summed E-state index contributed by atoms with van der Waals surface area (Å²) in [5.74, 6) is 2.50. The molecule has 0 spiro atoms. The summed E-state index contributed by atoms with van der Waals surface area (Å²) in [7, 11) is 2.13. The zero-order chi connectivity index (χ0) is 17.2. The summed E-state index contributed by atoms with van der Waals surface area (Å²) < 4.78 is 5.73. The van der Waals surface area contributed by atoms with Gasteiger partial charge in [0, 0.05) is 16.5 Å². The highest BCUT2D eigenvalue weighted by molar-refractivity contribution is 9.10. The van der Waals surface area contributed by atoms with Gasteiger partial charge in [-0.25, -0.2) is 9.13 Å². The standard InChI is InChI=1S/C22H19BrN2/c1-24-20-8-4-5-9-21(20)25(16-18-6-2-3-7-18)22(24)15-12-17-10-13-19(23)14-11-17/h2-15H,16H2,1H3/q+1/b15-12+. The van der Waals surface area contributed by atoms with E-state index in [1.54, 1.807) is 0 Å². The maximum atomic E-state index is 3.49. The second-order valence-electron chi connectivity index (χ2n) is 6.17. The van der Waals surface area contributed by atoms with E-state index in [4.69, 9.17) is 0 Å². The fourth-order valence-corrected chi connectivity index (χ4v) is 3.48. The third-order valence-corrected chi connectivity index (χ3v) is 5.05. The first-order valence-corrected chi connectivity index (χ1v) is 9.13. The fraction of sp³-hybridized carbons (Fsp3) is 0.0909. The number of hydrogen-bond donors (Lipinski definition) is 0. The molecule has 0 unspecified atom stereocenters. The van der Waals surface area contributed by atoms with E-state index >= 15 is 0 Å². The van der Waals surface area contributed by atoms with E-state index in [1.807, 2.05) is 0 Å². The minimum absolute atomic E-state index is 0.869. The molecule has 2 aromatic carbocycles. The molecule has 1 heterocycles. The number of rotatable bonds is 4. The van der Waals surface area contributed by atoms with Gasteiger partial charge in [0.1, 0.15) is 0 Å². The van der Waals surface area contributed by atoms with Gasteiger partial charge in [0.2, 0.25) is 0 Å². The van der Waals surface area contributed by atoms with Gasteiger partial charge in [0.15, 0.2) is 11.0 Å². The van der Waals surface area contributed by atoms with Gasteiger partial charge in [-0.05, 0) is 61.6 Å². The molecule has 0 amide bonds. The summed E-state index contributed by atoms with van der Waals surface area (Å²) in [5.41, 5.74) is 3.68. The maximum Gasteiger partial charge on any atom is 0.282 e. The summed E-state index contributed by atoms with van der Waals surface area (Å²) in [6, 6.07) is 16.9. The SMILES string of the molecule is C[n+]1c(/C=C/c2ccc(Br)cc2)n(C[C]2[CH][CH][CH][CH]2)c2ccccc21. The van der Waals surface area contributed by atoms with Crippen LogP contribution in [0.15, 0.2) is 53.0 Å². The Morgan fingerprint density at radius 1 is 0.960 bits per heavy atom. The highest BCUT2D eigenvalue weighted by Crippen LogP contribution is 2.27. The van der Waals surface area contributed by atoms with Crippen LogP contribution in [0.5, 0.6) is 0 Å². The molecular weight excluding hydrogens is 372 g/mol. The van der Waals surface area contributed by atoms with Gasteiger partial charge in [-0.1, -0.05) is 40.2 Å². The molecule has 1 saturated carbocycles. The van der Waals surface area contributed by atoms with Crippen LogP contribution in [-0.2, 0) is 13.6 Å². The second-order valence-corrected chi connectivity index (χ2v) is 7.09. The summed E-state index contributed by atoms with van der Waals surface area (Å²) in [5, 5.41) is 0. The number of imidazole rings is 1. The average molecular weight is 391 g/mol. The van der Waals surface area contributed by atoms with Crippen molar-refractivity contribution < 1.29 is 4.57 Å². The molecule has 3 heteroatoms. The van der Waals surface area contributed by atoms with Gasteiger partial charge in [-0.3, -0.25) is 0 Å². The third-order valence-electron chi connectivity index (χ3n) is 4.52. The molecule has 0 saturated heterocycles. The molecular formula is C22H19BrN2+. The first-order chi connectivity index (χ1) is 12.2. The quantitative estimate of drug-likeness (QED) is 0.565. The lowest BCUT2D eigenvalue weighted by Gasteiger charge is -2.06. The van der Waals surface area contributed by atoms with Gasteiger partial charge < -0.3 is 0 Å². The highest BCUT2D eigenvalue weighted by atomic mass is 79.9. The maximum absolute atomic E-state index is 3.49. The molecule has 123 valence electrons. The molecule has 0 aliphatic heterocycles. The van der Waals surface area contributed by atoms with E-state index < -0.39 is 0 Å². The lowest BCUT2D eigenvalue weighted by molar-refractivity contribution is -0.647. The van der Waals surface area contributed by atoms with Crippen molar-refractivity contribution in [3.05, 3.63) is 96.0 Å². The van der Waals surface area contributed by atoms with Crippen molar-refractivity contribution in [1.29, 1.82) is 0 Å². The molecule has 1 aliphatic carbocycles. The van der Waals surface area contributed by atoms with Gasteiger partial charge >= 0.3 is 0 Å². The molecule has 2 nitrogen and oxygen atoms in total. The van der Waals surface area contributed by atoms with Crippen molar-refractivity contribution in [3.63, 3.8) is 0 Å². The summed E-state index contributed by atoms with van der Waals surface area (Å²) in [6.45, 7) is 0.869. The number of para-hydroxylation sites is 2. The van der Waals surface area contributed by atoms with Crippen LogP contribution in [-0.4, -0.2) is 4.57 Å². The number of fused-ring (bicyclic) bond motifs is 1. The number of aromatic nitrogens is 2. The van der Waals surface area contributed by atoms with Crippen molar-refractivity contribution in [2.45, 2.75) is 6.54 Å². The van der Waals surface area contributed by atoms with Crippen LogP contribution in [0, 0.1) is 31.6 Å². The normalized spacial score (nSPS) is 15.6. The Balaban J connectivity index is 1.75. The van der Waals surface area contributed by atoms with Crippen LogP contribution in [0.3, 0.4) is 0 Å². The lowest BCUT2D eigenvalue weighted by atomic mass is 10.1. The molecule has 0 bridgehead atoms. The van der Waals surface area contributed by atoms with E-state index in [1.165, 1.54) is 28.3 Å². The van der Waals surface area contributed by atoms with E-state index in [9.17, 15) is 0 Å². The van der Waals surface area contributed by atoms with Crippen LogP contribution in [0.4, 0.5) is 0 Å². The van der Waals surface area contributed by atoms with Crippen molar-refractivity contribution in [1.82, 2.24) is 4.57 Å². The largest absolute Gasteiger partial charge is 0.282 e.